The van der Waals surface area contributed by atoms with Crippen molar-refractivity contribution in [3.63, 3.8) is 0 Å². The van der Waals surface area contributed by atoms with Gasteiger partial charge < -0.3 is 13.8 Å². The van der Waals surface area contributed by atoms with Gasteiger partial charge in [0.25, 0.3) is 0 Å². The highest BCUT2D eigenvalue weighted by Gasteiger charge is 2.51. The Hall–Kier alpha value is -0.346. The van der Waals surface area contributed by atoms with Gasteiger partial charge in [-0.2, -0.15) is 0 Å². The van der Waals surface area contributed by atoms with Crippen molar-refractivity contribution in [3.8, 4) is 0 Å². The highest BCUT2D eigenvalue weighted by molar-refractivity contribution is 6.74. The quantitative estimate of drug-likeness (QED) is 0.229. The molecule has 3 saturated carbocycles. The fraction of sp³-hybridized carbons (Fsp3) is 0.895. The molecule has 1 aliphatic heterocycles. The minimum absolute atomic E-state index is 0.189. The molecule has 4 fully saturated rings. The molecule has 0 unspecified atom stereocenters. The number of likely N-dealkylation sites (tertiary alicyclic amines) is 1. The van der Waals surface area contributed by atoms with E-state index in [-0.39, 0.29) is 22.3 Å². The lowest BCUT2D eigenvalue weighted by atomic mass is 9.61. The molecular formula is C38H69F2NO2Si2. The summed E-state index contributed by atoms with van der Waals surface area (Å²) in [4.78, 5) is 2.33. The Labute approximate surface area is 278 Å². The van der Waals surface area contributed by atoms with E-state index in [1.807, 2.05) is 0 Å². The van der Waals surface area contributed by atoms with Crippen LogP contribution in [0.3, 0.4) is 0 Å². The number of alkyl halides is 2. The van der Waals surface area contributed by atoms with Gasteiger partial charge in [-0.1, -0.05) is 78.7 Å². The van der Waals surface area contributed by atoms with Crippen molar-refractivity contribution in [2.45, 2.75) is 168 Å². The maximum atomic E-state index is 13.3. The predicted octanol–water partition coefficient (Wildman–Crippen LogP) is 11.2. The monoisotopic (exact) mass is 665 g/mol. The van der Waals surface area contributed by atoms with Crippen molar-refractivity contribution >= 4 is 16.6 Å². The second kappa shape index (κ2) is 13.9. The number of allylic oxidation sites excluding steroid dienone is 3. The Kier molecular flexibility index (Phi) is 11.6. The van der Waals surface area contributed by atoms with Gasteiger partial charge in [-0.3, -0.25) is 0 Å². The normalized spacial score (nSPS) is 34.1. The fourth-order valence-electron chi connectivity index (χ4n) is 8.84. The summed E-state index contributed by atoms with van der Waals surface area (Å²) in [7, 11) is -3.80. The molecule has 260 valence electrons. The first-order chi connectivity index (χ1) is 20.6. The number of nitrogens with zero attached hydrogens (tertiary/aromatic N) is 1. The summed E-state index contributed by atoms with van der Waals surface area (Å²) in [5.41, 5.74) is 3.47. The molecule has 3 aliphatic carbocycles. The number of hydrogen-bond donors (Lipinski definition) is 0. The minimum atomic E-state index is -2.18. The molecule has 1 saturated heterocycles. The van der Waals surface area contributed by atoms with E-state index in [9.17, 15) is 8.78 Å². The van der Waals surface area contributed by atoms with Crippen LogP contribution in [0.5, 0.6) is 0 Å². The second-order valence-electron chi connectivity index (χ2n) is 18.9. The van der Waals surface area contributed by atoms with Gasteiger partial charge in [0.1, 0.15) is 0 Å². The maximum Gasteiger partial charge on any atom is 0.242 e. The van der Waals surface area contributed by atoms with E-state index in [2.05, 4.69) is 98.6 Å². The van der Waals surface area contributed by atoms with E-state index < -0.39 is 29.0 Å². The van der Waals surface area contributed by atoms with Gasteiger partial charge in [-0.05, 0) is 124 Å². The van der Waals surface area contributed by atoms with Crippen molar-refractivity contribution in [1.29, 1.82) is 0 Å². The van der Waals surface area contributed by atoms with Gasteiger partial charge in [0.05, 0.1) is 12.2 Å². The molecule has 0 aromatic rings. The van der Waals surface area contributed by atoms with Crippen molar-refractivity contribution in [2.75, 3.05) is 19.6 Å². The molecule has 7 heteroatoms. The van der Waals surface area contributed by atoms with E-state index >= 15 is 0 Å². The SMILES string of the molecule is C[C@H](CN1CC[C@H](C(F)F)C1)[C@H]1CC[C@H]2/C(=C/C=C3C[C@@H](O[Si](C)(C)C(C)(C)C)C[C@H](O[Si](C)(C)C(C)(C)C)C3)CCC[C@]12C. The zero-order valence-corrected chi connectivity index (χ0v) is 33.2. The van der Waals surface area contributed by atoms with Crippen LogP contribution in [-0.2, 0) is 8.85 Å². The molecule has 4 aliphatic rings. The Morgan fingerprint density at radius 3 is 2.00 bits per heavy atom. The summed E-state index contributed by atoms with van der Waals surface area (Å²) < 4.78 is 40.8. The van der Waals surface area contributed by atoms with Crippen molar-refractivity contribution in [3.05, 3.63) is 23.3 Å². The minimum Gasteiger partial charge on any atom is -0.414 e. The van der Waals surface area contributed by atoms with Gasteiger partial charge in [0.15, 0.2) is 16.6 Å². The van der Waals surface area contributed by atoms with Crippen LogP contribution in [-0.4, -0.2) is 59.8 Å². The summed E-state index contributed by atoms with van der Waals surface area (Å²) in [5, 5.41) is 0.377. The third kappa shape index (κ3) is 8.64. The molecule has 4 rings (SSSR count). The summed E-state index contributed by atoms with van der Waals surface area (Å²) in [5.74, 6) is 1.43. The van der Waals surface area contributed by atoms with Crippen molar-refractivity contribution in [2.24, 2.45) is 29.1 Å². The highest BCUT2D eigenvalue weighted by atomic mass is 28.4. The van der Waals surface area contributed by atoms with Crippen LogP contribution in [0.4, 0.5) is 8.78 Å². The van der Waals surface area contributed by atoms with Gasteiger partial charge in [0.2, 0.25) is 6.43 Å². The lowest BCUT2D eigenvalue weighted by Crippen LogP contribution is -2.48. The molecule has 7 atom stereocenters. The standard InChI is InChI=1S/C38H69F2NO2Si2/c1-27(25-41-21-19-30(26-41)35(39)40)33-17-18-34-29(14-13-20-38(33,34)8)16-15-28-22-31(42-44(9,10)36(2,3)4)24-32(23-28)43-45(11,12)37(5,6)7/h15-16,27,30-35H,13-14,17-26H2,1-12H3/b29-16+/t27-,30+,31-,32-,33-,34+,38-/m1/s1. The second-order valence-corrected chi connectivity index (χ2v) is 28.4. The van der Waals surface area contributed by atoms with Crippen molar-refractivity contribution in [1.82, 2.24) is 4.90 Å². The average Bonchev–Trinajstić information content (AvgIpc) is 3.50. The van der Waals surface area contributed by atoms with Gasteiger partial charge in [0, 0.05) is 19.0 Å². The average molecular weight is 666 g/mol. The zero-order chi connectivity index (χ0) is 33.6. The molecule has 45 heavy (non-hydrogen) atoms. The van der Waals surface area contributed by atoms with Crippen LogP contribution in [0.15, 0.2) is 23.3 Å². The highest BCUT2D eigenvalue weighted by Crippen LogP contribution is 2.59. The number of hydrogen-bond acceptors (Lipinski definition) is 3. The fourth-order valence-corrected chi connectivity index (χ4v) is 11.6. The third-order valence-electron chi connectivity index (χ3n) is 13.5. The molecule has 0 aromatic carbocycles. The van der Waals surface area contributed by atoms with Crippen LogP contribution < -0.4 is 0 Å². The topological polar surface area (TPSA) is 21.7 Å². The van der Waals surface area contributed by atoms with Crippen LogP contribution in [0, 0.1) is 29.1 Å². The Morgan fingerprint density at radius 2 is 1.49 bits per heavy atom. The lowest BCUT2D eigenvalue weighted by Gasteiger charge is -2.45. The molecule has 0 aromatic heterocycles. The Bertz CT molecular complexity index is 1040. The van der Waals surface area contributed by atoms with Gasteiger partial charge in [-0.25, -0.2) is 8.78 Å². The Balaban J connectivity index is 1.50. The summed E-state index contributed by atoms with van der Waals surface area (Å²) >= 11 is 0. The van der Waals surface area contributed by atoms with Crippen LogP contribution in [0.25, 0.3) is 0 Å². The van der Waals surface area contributed by atoms with Crippen LogP contribution in [0.1, 0.15) is 113 Å². The summed E-state index contributed by atoms with van der Waals surface area (Å²) in [6.45, 7) is 31.0. The first kappa shape index (κ1) is 37.5. The molecule has 1 heterocycles. The van der Waals surface area contributed by atoms with E-state index in [1.165, 1.54) is 37.7 Å². The number of fused-ring (bicyclic) bond motifs is 1. The summed E-state index contributed by atoms with van der Waals surface area (Å²) in [6.07, 6.45) is 13.3. The lowest BCUT2D eigenvalue weighted by molar-refractivity contribution is 0.0672. The largest absolute Gasteiger partial charge is 0.414 e. The van der Waals surface area contributed by atoms with Gasteiger partial charge in [-0.15, -0.1) is 0 Å². The van der Waals surface area contributed by atoms with E-state index in [4.69, 9.17) is 8.85 Å². The molecule has 3 nitrogen and oxygen atoms in total. The maximum absolute atomic E-state index is 13.3. The van der Waals surface area contributed by atoms with Crippen LogP contribution >= 0.6 is 0 Å². The van der Waals surface area contributed by atoms with E-state index in [1.54, 1.807) is 5.57 Å². The van der Waals surface area contributed by atoms with Crippen LogP contribution in [0.2, 0.25) is 36.3 Å². The molecule has 0 bridgehead atoms. The Morgan fingerprint density at radius 1 is 0.911 bits per heavy atom. The smallest absolute Gasteiger partial charge is 0.242 e. The summed E-state index contributed by atoms with van der Waals surface area (Å²) in [6, 6.07) is 0. The number of halogens is 2. The first-order valence-electron chi connectivity index (χ1n) is 18.4. The predicted molar refractivity (Wildman–Crippen MR) is 192 cm³/mol. The van der Waals surface area contributed by atoms with Gasteiger partial charge >= 0.3 is 0 Å². The van der Waals surface area contributed by atoms with E-state index in [0.717, 1.165) is 32.4 Å². The molecular weight excluding hydrogens is 597 g/mol. The molecule has 0 amide bonds. The molecule has 0 N–H and O–H groups in total. The van der Waals surface area contributed by atoms with Crippen molar-refractivity contribution < 1.29 is 17.6 Å². The molecule has 0 radical (unpaired) electrons. The number of rotatable bonds is 9. The van der Waals surface area contributed by atoms with E-state index in [0.29, 0.717) is 36.1 Å². The first-order valence-corrected chi connectivity index (χ1v) is 24.2. The molecule has 0 spiro atoms. The third-order valence-corrected chi connectivity index (χ3v) is 22.6. The zero-order valence-electron chi connectivity index (χ0n) is 31.2.